The van der Waals surface area contributed by atoms with Gasteiger partial charge in [0, 0.05) is 0 Å². The molecular weight excluding hydrogens is 189 g/mol. The van der Waals surface area contributed by atoms with Crippen LogP contribution in [0.2, 0.25) is 0 Å². The van der Waals surface area contributed by atoms with Crippen LogP contribution in [0.25, 0.3) is 0 Å². The minimum absolute atomic E-state index is 0.121. The fraction of sp³-hybridized carbons (Fsp3) is 0.385. The summed E-state index contributed by atoms with van der Waals surface area (Å²) in [5, 5.41) is 3.34. The van der Waals surface area contributed by atoms with Gasteiger partial charge in [-0.2, -0.15) is 0 Å². The zero-order valence-corrected chi connectivity index (χ0v) is 9.60. The molecule has 0 heterocycles. The van der Waals surface area contributed by atoms with Crippen molar-refractivity contribution < 1.29 is 4.39 Å². The maximum absolute atomic E-state index is 13.0. The number of benzene rings is 1. The highest BCUT2D eigenvalue weighted by Crippen LogP contribution is 2.23. The first kappa shape index (κ1) is 11.9. The Morgan fingerprint density at radius 1 is 1.53 bits per heavy atom. The number of rotatable bonds is 4. The lowest BCUT2D eigenvalue weighted by Gasteiger charge is -2.20. The molecule has 1 aromatic carbocycles. The molecule has 0 bridgehead atoms. The van der Waals surface area contributed by atoms with Gasteiger partial charge in [0.15, 0.2) is 0 Å². The second kappa shape index (κ2) is 5.08. The molecule has 0 aliphatic heterocycles. The van der Waals surface area contributed by atoms with Crippen molar-refractivity contribution in [1.82, 2.24) is 5.32 Å². The highest BCUT2D eigenvalue weighted by atomic mass is 19.1. The van der Waals surface area contributed by atoms with Crippen LogP contribution < -0.4 is 5.32 Å². The molecule has 2 heteroatoms. The number of nitrogens with one attached hydrogen (secondary N) is 1. The van der Waals surface area contributed by atoms with Crippen LogP contribution in [0.15, 0.2) is 30.4 Å². The third kappa shape index (κ3) is 2.90. The molecule has 0 saturated heterocycles. The smallest absolute Gasteiger partial charge is 0.123 e. The number of hydrogen-bond donors (Lipinski definition) is 1. The summed E-state index contributed by atoms with van der Waals surface area (Å²) in [5.74, 6) is -0.187. The minimum Gasteiger partial charge on any atom is -0.307 e. The lowest BCUT2D eigenvalue weighted by Crippen LogP contribution is -2.22. The Morgan fingerprint density at radius 2 is 2.20 bits per heavy atom. The first-order valence-electron chi connectivity index (χ1n) is 5.21. The van der Waals surface area contributed by atoms with Crippen LogP contribution in [-0.2, 0) is 0 Å². The van der Waals surface area contributed by atoms with E-state index in [9.17, 15) is 4.39 Å². The third-order valence-corrected chi connectivity index (χ3v) is 2.44. The van der Waals surface area contributed by atoms with Crippen molar-refractivity contribution in [2.45, 2.75) is 26.8 Å². The zero-order valence-electron chi connectivity index (χ0n) is 9.60. The molecule has 0 aromatic heterocycles. The summed E-state index contributed by atoms with van der Waals surface area (Å²) in [4.78, 5) is 0. The third-order valence-electron chi connectivity index (χ3n) is 2.44. The molecule has 0 amide bonds. The van der Waals surface area contributed by atoms with Crippen molar-refractivity contribution in [2.24, 2.45) is 0 Å². The molecular formula is C13H18FN. The number of halogens is 1. The summed E-state index contributed by atoms with van der Waals surface area (Å²) >= 11 is 0. The van der Waals surface area contributed by atoms with Crippen LogP contribution in [0.1, 0.15) is 31.0 Å². The predicted molar refractivity (Wildman–Crippen MR) is 62.4 cm³/mol. The highest BCUT2D eigenvalue weighted by molar-refractivity contribution is 5.33. The van der Waals surface area contributed by atoms with Gasteiger partial charge in [-0.1, -0.05) is 25.1 Å². The fourth-order valence-electron chi connectivity index (χ4n) is 1.72. The molecule has 1 N–H and O–H groups in total. The van der Waals surface area contributed by atoms with E-state index in [-0.39, 0.29) is 11.9 Å². The van der Waals surface area contributed by atoms with Crippen LogP contribution in [0.3, 0.4) is 0 Å². The van der Waals surface area contributed by atoms with Gasteiger partial charge in [0.2, 0.25) is 0 Å². The normalized spacial score (nSPS) is 12.5. The lowest BCUT2D eigenvalue weighted by atomic mass is 9.96. The second-order valence-corrected chi connectivity index (χ2v) is 3.84. The minimum atomic E-state index is -0.187. The van der Waals surface area contributed by atoms with E-state index in [1.54, 1.807) is 6.07 Å². The van der Waals surface area contributed by atoms with Crippen molar-refractivity contribution in [3.63, 3.8) is 0 Å². The summed E-state index contributed by atoms with van der Waals surface area (Å²) in [6.07, 6.45) is 0. The van der Waals surface area contributed by atoms with E-state index in [2.05, 4.69) is 18.8 Å². The summed E-state index contributed by atoms with van der Waals surface area (Å²) < 4.78 is 13.0. The van der Waals surface area contributed by atoms with Gasteiger partial charge >= 0.3 is 0 Å². The molecule has 0 spiro atoms. The van der Waals surface area contributed by atoms with E-state index in [4.69, 9.17) is 0 Å². The van der Waals surface area contributed by atoms with Gasteiger partial charge in [-0.05, 0) is 43.7 Å². The monoisotopic (exact) mass is 207 g/mol. The zero-order chi connectivity index (χ0) is 11.4. The average Bonchev–Trinajstić information content (AvgIpc) is 2.15. The van der Waals surface area contributed by atoms with E-state index >= 15 is 0 Å². The van der Waals surface area contributed by atoms with Gasteiger partial charge in [0.25, 0.3) is 0 Å². The second-order valence-electron chi connectivity index (χ2n) is 3.84. The van der Waals surface area contributed by atoms with Crippen molar-refractivity contribution in [3.8, 4) is 0 Å². The first-order chi connectivity index (χ1) is 7.06. The molecule has 1 rings (SSSR count). The van der Waals surface area contributed by atoms with Gasteiger partial charge < -0.3 is 5.32 Å². The van der Waals surface area contributed by atoms with Crippen LogP contribution in [0.4, 0.5) is 4.39 Å². The highest BCUT2D eigenvalue weighted by Gasteiger charge is 2.13. The Morgan fingerprint density at radius 3 is 2.67 bits per heavy atom. The Labute approximate surface area is 91.0 Å². The SMILES string of the molecule is C=C(C)C(NCC)c1ccc(F)cc1C. The topological polar surface area (TPSA) is 12.0 Å². The molecule has 1 nitrogen and oxygen atoms in total. The number of aryl methyl sites for hydroxylation is 1. The molecule has 0 aliphatic rings. The summed E-state index contributed by atoms with van der Waals surface area (Å²) in [5.41, 5.74) is 3.11. The molecule has 15 heavy (non-hydrogen) atoms. The number of likely N-dealkylation sites (N-methyl/N-ethyl adjacent to an activating group) is 1. The van der Waals surface area contributed by atoms with Crippen molar-refractivity contribution >= 4 is 0 Å². The average molecular weight is 207 g/mol. The first-order valence-corrected chi connectivity index (χ1v) is 5.21. The molecule has 0 radical (unpaired) electrons. The molecule has 0 aliphatic carbocycles. The molecule has 82 valence electrons. The lowest BCUT2D eigenvalue weighted by molar-refractivity contribution is 0.605. The van der Waals surface area contributed by atoms with Crippen LogP contribution >= 0.6 is 0 Å². The van der Waals surface area contributed by atoms with Gasteiger partial charge in [-0.3, -0.25) is 0 Å². The molecule has 1 aromatic rings. The van der Waals surface area contributed by atoms with Crippen LogP contribution in [-0.4, -0.2) is 6.54 Å². The summed E-state index contributed by atoms with van der Waals surface area (Å²) in [6.45, 7) is 10.8. The van der Waals surface area contributed by atoms with Crippen molar-refractivity contribution in [1.29, 1.82) is 0 Å². The van der Waals surface area contributed by atoms with Crippen molar-refractivity contribution in [2.75, 3.05) is 6.54 Å². The van der Waals surface area contributed by atoms with E-state index in [0.717, 1.165) is 23.2 Å². The van der Waals surface area contributed by atoms with Gasteiger partial charge in [0.05, 0.1) is 6.04 Å². The van der Waals surface area contributed by atoms with E-state index < -0.39 is 0 Å². The van der Waals surface area contributed by atoms with E-state index in [1.807, 2.05) is 19.9 Å². The largest absolute Gasteiger partial charge is 0.307 e. The predicted octanol–water partition coefficient (Wildman–Crippen LogP) is 3.36. The summed E-state index contributed by atoms with van der Waals surface area (Å²) in [7, 11) is 0. The Kier molecular flexibility index (Phi) is 4.04. The summed E-state index contributed by atoms with van der Waals surface area (Å²) in [6, 6.07) is 5.00. The van der Waals surface area contributed by atoms with Gasteiger partial charge in [-0.25, -0.2) is 4.39 Å². The van der Waals surface area contributed by atoms with Crippen molar-refractivity contribution in [3.05, 3.63) is 47.3 Å². The van der Waals surface area contributed by atoms with E-state index in [0.29, 0.717) is 0 Å². The van der Waals surface area contributed by atoms with Gasteiger partial charge in [0.1, 0.15) is 5.82 Å². The Hall–Kier alpha value is -1.15. The molecule has 0 fully saturated rings. The fourth-order valence-corrected chi connectivity index (χ4v) is 1.72. The van der Waals surface area contributed by atoms with Crippen LogP contribution in [0.5, 0.6) is 0 Å². The Balaban J connectivity index is 3.05. The molecule has 1 atom stereocenters. The molecule has 1 unspecified atom stereocenters. The quantitative estimate of drug-likeness (QED) is 0.746. The number of hydrogen-bond acceptors (Lipinski definition) is 1. The molecule has 0 saturated carbocycles. The standard InChI is InChI=1S/C13H18FN/c1-5-15-13(9(2)3)12-7-6-11(14)8-10(12)4/h6-8,13,15H,2,5H2,1,3-4H3. The maximum Gasteiger partial charge on any atom is 0.123 e. The van der Waals surface area contributed by atoms with Gasteiger partial charge in [-0.15, -0.1) is 0 Å². The Bertz CT molecular complexity index is 358. The van der Waals surface area contributed by atoms with Crippen LogP contribution in [0, 0.1) is 12.7 Å². The maximum atomic E-state index is 13.0. The van der Waals surface area contributed by atoms with E-state index in [1.165, 1.54) is 6.07 Å².